The topological polar surface area (TPSA) is 54.4 Å². The molecule has 1 aliphatic rings. The van der Waals surface area contributed by atoms with Crippen LogP contribution in [0.1, 0.15) is 16.8 Å². The molecule has 0 heterocycles. The molecule has 84 valence electrons. The minimum Gasteiger partial charge on any atom is -0.481 e. The molecule has 0 aliphatic heterocycles. The van der Waals surface area contributed by atoms with Crippen LogP contribution in [0.2, 0.25) is 10.0 Å². The maximum Gasteiger partial charge on any atom is 0.307 e. The Hall–Kier alpha value is -1.06. The molecular formula is C11H8Cl2O3. The van der Waals surface area contributed by atoms with Gasteiger partial charge in [0.15, 0.2) is 5.78 Å². The fraction of sp³-hybridized carbons (Fsp3) is 0.273. The quantitative estimate of drug-likeness (QED) is 0.849. The van der Waals surface area contributed by atoms with Gasteiger partial charge in [-0.25, -0.2) is 0 Å². The Labute approximate surface area is 102 Å². The Morgan fingerprint density at radius 1 is 1.19 bits per heavy atom. The van der Waals surface area contributed by atoms with Crippen LogP contribution in [0.4, 0.5) is 0 Å². The van der Waals surface area contributed by atoms with E-state index in [0.29, 0.717) is 22.0 Å². The lowest BCUT2D eigenvalue weighted by atomic mass is 10.1. The third kappa shape index (κ3) is 2.06. The van der Waals surface area contributed by atoms with Crippen molar-refractivity contribution in [2.45, 2.75) is 6.42 Å². The van der Waals surface area contributed by atoms with E-state index in [-0.39, 0.29) is 5.78 Å². The summed E-state index contributed by atoms with van der Waals surface area (Å²) in [5.41, 5.74) is 0.420. The van der Waals surface area contributed by atoms with Gasteiger partial charge in [-0.05, 0) is 24.6 Å². The maximum absolute atomic E-state index is 11.8. The Morgan fingerprint density at radius 2 is 1.88 bits per heavy atom. The first-order chi connectivity index (χ1) is 7.50. The fourth-order valence-corrected chi connectivity index (χ4v) is 1.92. The van der Waals surface area contributed by atoms with Gasteiger partial charge in [0.25, 0.3) is 0 Å². The standard InChI is InChI=1S/C11H8Cl2O3/c12-8-2-1-5(3-9(8)13)10(14)6-4-7(6)11(15)16/h1-3,6-7H,4H2,(H,15,16)/t6-,7-/m1/s1. The summed E-state index contributed by atoms with van der Waals surface area (Å²) >= 11 is 11.5. The van der Waals surface area contributed by atoms with Crippen LogP contribution in [-0.4, -0.2) is 16.9 Å². The molecule has 1 fully saturated rings. The van der Waals surface area contributed by atoms with E-state index in [0.717, 1.165) is 0 Å². The van der Waals surface area contributed by atoms with Gasteiger partial charge in [-0.2, -0.15) is 0 Å². The molecule has 5 heteroatoms. The average molecular weight is 259 g/mol. The minimum atomic E-state index is -0.918. The highest BCUT2D eigenvalue weighted by atomic mass is 35.5. The summed E-state index contributed by atoms with van der Waals surface area (Å²) in [6, 6.07) is 4.58. The lowest BCUT2D eigenvalue weighted by molar-refractivity contribution is -0.138. The molecule has 0 aromatic heterocycles. The van der Waals surface area contributed by atoms with Crippen LogP contribution in [0.3, 0.4) is 0 Å². The van der Waals surface area contributed by atoms with Crippen molar-refractivity contribution in [3.05, 3.63) is 33.8 Å². The molecule has 0 spiro atoms. The first-order valence-corrected chi connectivity index (χ1v) is 5.48. The molecule has 2 atom stereocenters. The Kier molecular flexibility index (Phi) is 2.91. The van der Waals surface area contributed by atoms with Gasteiger partial charge in [-0.15, -0.1) is 0 Å². The molecule has 1 saturated carbocycles. The van der Waals surface area contributed by atoms with Crippen molar-refractivity contribution >= 4 is 35.0 Å². The molecule has 0 saturated heterocycles. The number of benzene rings is 1. The molecule has 1 aliphatic carbocycles. The molecule has 0 radical (unpaired) electrons. The molecule has 1 aromatic carbocycles. The molecule has 1 N–H and O–H groups in total. The van der Waals surface area contributed by atoms with Gasteiger partial charge in [0.1, 0.15) is 0 Å². The molecule has 2 rings (SSSR count). The number of ketones is 1. The van der Waals surface area contributed by atoms with E-state index in [2.05, 4.69) is 0 Å². The zero-order chi connectivity index (χ0) is 11.9. The maximum atomic E-state index is 11.8. The fourth-order valence-electron chi connectivity index (χ4n) is 1.62. The second-order valence-corrected chi connectivity index (χ2v) is 4.59. The summed E-state index contributed by atoms with van der Waals surface area (Å²) in [7, 11) is 0. The minimum absolute atomic E-state index is 0.175. The number of hydrogen-bond donors (Lipinski definition) is 1. The van der Waals surface area contributed by atoms with E-state index >= 15 is 0 Å². The van der Waals surface area contributed by atoms with Gasteiger partial charge in [0.05, 0.1) is 16.0 Å². The summed E-state index contributed by atoms with van der Waals surface area (Å²) in [5, 5.41) is 9.40. The van der Waals surface area contributed by atoms with Gasteiger partial charge >= 0.3 is 5.97 Å². The largest absolute Gasteiger partial charge is 0.481 e. The highest BCUT2D eigenvalue weighted by molar-refractivity contribution is 6.42. The van der Waals surface area contributed by atoms with Crippen LogP contribution in [0.25, 0.3) is 0 Å². The third-order valence-electron chi connectivity index (χ3n) is 2.65. The van der Waals surface area contributed by atoms with E-state index in [4.69, 9.17) is 28.3 Å². The van der Waals surface area contributed by atoms with E-state index in [9.17, 15) is 9.59 Å². The van der Waals surface area contributed by atoms with Crippen molar-refractivity contribution in [2.24, 2.45) is 11.8 Å². The summed E-state index contributed by atoms with van der Waals surface area (Å²) in [6.07, 6.45) is 0.411. The van der Waals surface area contributed by atoms with Crippen LogP contribution in [0.15, 0.2) is 18.2 Å². The molecule has 1 aromatic rings. The molecule has 0 bridgehead atoms. The van der Waals surface area contributed by atoms with Crippen molar-refractivity contribution in [3.63, 3.8) is 0 Å². The highest BCUT2D eigenvalue weighted by Gasteiger charge is 2.48. The zero-order valence-corrected chi connectivity index (χ0v) is 9.63. The lowest BCUT2D eigenvalue weighted by Crippen LogP contribution is -2.08. The van der Waals surface area contributed by atoms with E-state index in [1.54, 1.807) is 6.07 Å². The van der Waals surface area contributed by atoms with Crippen LogP contribution in [0.5, 0.6) is 0 Å². The van der Waals surface area contributed by atoms with E-state index < -0.39 is 17.8 Å². The van der Waals surface area contributed by atoms with Crippen LogP contribution < -0.4 is 0 Å². The summed E-state index contributed by atoms with van der Waals surface area (Å²) in [5.74, 6) is -2.04. The Balaban J connectivity index is 2.17. The summed E-state index contributed by atoms with van der Waals surface area (Å²) in [6.45, 7) is 0. The predicted molar refractivity (Wildman–Crippen MR) is 60.0 cm³/mol. The van der Waals surface area contributed by atoms with Gasteiger partial charge in [0.2, 0.25) is 0 Å². The van der Waals surface area contributed by atoms with Crippen LogP contribution in [0, 0.1) is 11.8 Å². The number of aliphatic carboxylic acids is 1. The van der Waals surface area contributed by atoms with Gasteiger partial charge < -0.3 is 5.11 Å². The summed E-state index contributed by atoms with van der Waals surface area (Å²) < 4.78 is 0. The zero-order valence-electron chi connectivity index (χ0n) is 8.11. The van der Waals surface area contributed by atoms with Gasteiger partial charge in [0, 0.05) is 11.5 Å². The number of carboxylic acid groups (broad SMARTS) is 1. The number of hydrogen-bond acceptors (Lipinski definition) is 2. The lowest BCUT2D eigenvalue weighted by Gasteiger charge is -2.01. The molecular weight excluding hydrogens is 251 g/mol. The number of carboxylic acids is 1. The SMILES string of the molecule is O=C(O)[C@@H]1C[C@H]1C(=O)c1ccc(Cl)c(Cl)c1. The van der Waals surface area contributed by atoms with Crippen LogP contribution in [-0.2, 0) is 4.79 Å². The molecule has 16 heavy (non-hydrogen) atoms. The third-order valence-corrected chi connectivity index (χ3v) is 3.39. The Bertz CT molecular complexity index is 470. The second kappa shape index (κ2) is 4.07. The second-order valence-electron chi connectivity index (χ2n) is 3.78. The number of rotatable bonds is 3. The van der Waals surface area contributed by atoms with Crippen molar-refractivity contribution in [3.8, 4) is 0 Å². The number of halogens is 2. The first-order valence-electron chi connectivity index (χ1n) is 4.73. The predicted octanol–water partition coefficient (Wildman–Crippen LogP) is 2.90. The number of carbonyl (C=O) groups excluding carboxylic acids is 1. The molecule has 0 unspecified atom stereocenters. The average Bonchev–Trinajstić information content (AvgIpc) is 3.01. The van der Waals surface area contributed by atoms with Crippen molar-refractivity contribution in [1.82, 2.24) is 0 Å². The number of carbonyl (C=O) groups is 2. The van der Waals surface area contributed by atoms with Gasteiger partial charge in [-0.1, -0.05) is 23.2 Å². The first kappa shape index (κ1) is 11.4. The van der Waals surface area contributed by atoms with Crippen molar-refractivity contribution in [2.75, 3.05) is 0 Å². The number of Topliss-reactive ketones (excluding diaryl/α,β-unsaturated/α-hetero) is 1. The highest BCUT2D eigenvalue weighted by Crippen LogP contribution is 2.41. The van der Waals surface area contributed by atoms with E-state index in [1.165, 1.54) is 12.1 Å². The van der Waals surface area contributed by atoms with Crippen molar-refractivity contribution < 1.29 is 14.7 Å². The molecule has 0 amide bonds. The summed E-state index contributed by atoms with van der Waals surface area (Å²) in [4.78, 5) is 22.4. The monoisotopic (exact) mass is 258 g/mol. The van der Waals surface area contributed by atoms with E-state index in [1.807, 2.05) is 0 Å². The smallest absolute Gasteiger partial charge is 0.307 e. The van der Waals surface area contributed by atoms with Crippen molar-refractivity contribution in [1.29, 1.82) is 0 Å². The normalized spacial score (nSPS) is 22.9. The van der Waals surface area contributed by atoms with Gasteiger partial charge in [-0.3, -0.25) is 9.59 Å². The molecule has 3 nitrogen and oxygen atoms in total. The van der Waals surface area contributed by atoms with Crippen LogP contribution >= 0.6 is 23.2 Å². The Morgan fingerprint density at radius 3 is 2.38 bits per heavy atom.